The minimum Gasteiger partial charge on any atom is -0.493 e. The second kappa shape index (κ2) is 6.02. The molecular weight excluding hydrogens is 244 g/mol. The van der Waals surface area contributed by atoms with Gasteiger partial charge in [0.15, 0.2) is 0 Å². The molecule has 0 amide bonds. The number of ether oxygens (including phenoxy) is 1. The average Bonchev–Trinajstić information content (AvgIpc) is 2.83. The van der Waals surface area contributed by atoms with Crippen molar-refractivity contribution < 1.29 is 9.66 Å². The molecule has 0 spiro atoms. The molecule has 2 unspecified atom stereocenters. The fourth-order valence-electron chi connectivity index (χ4n) is 2.76. The largest absolute Gasteiger partial charge is 0.493 e. The van der Waals surface area contributed by atoms with Crippen LogP contribution in [-0.2, 0) is 0 Å². The van der Waals surface area contributed by atoms with Gasteiger partial charge in [-0.2, -0.15) is 0 Å². The van der Waals surface area contributed by atoms with E-state index in [-0.39, 0.29) is 5.69 Å². The zero-order chi connectivity index (χ0) is 13.8. The zero-order valence-corrected chi connectivity index (χ0v) is 11.2. The van der Waals surface area contributed by atoms with Crippen molar-refractivity contribution in [3.63, 3.8) is 0 Å². The van der Waals surface area contributed by atoms with Gasteiger partial charge >= 0.3 is 0 Å². The molecule has 0 saturated heterocycles. The van der Waals surface area contributed by atoms with Crippen molar-refractivity contribution in [2.45, 2.75) is 26.2 Å². The van der Waals surface area contributed by atoms with Gasteiger partial charge in [0, 0.05) is 6.07 Å². The van der Waals surface area contributed by atoms with E-state index in [4.69, 9.17) is 10.5 Å². The van der Waals surface area contributed by atoms with E-state index in [1.165, 1.54) is 18.9 Å². The van der Waals surface area contributed by atoms with Gasteiger partial charge in [0.25, 0.3) is 5.69 Å². The lowest BCUT2D eigenvalue weighted by atomic mass is 9.97. The summed E-state index contributed by atoms with van der Waals surface area (Å²) in [7, 11) is 0. The van der Waals surface area contributed by atoms with E-state index in [0.717, 1.165) is 12.0 Å². The highest BCUT2D eigenvalue weighted by Gasteiger charge is 2.26. The summed E-state index contributed by atoms with van der Waals surface area (Å²) < 4.78 is 5.73. The Morgan fingerprint density at radius 3 is 2.79 bits per heavy atom. The van der Waals surface area contributed by atoms with Crippen molar-refractivity contribution in [2.75, 3.05) is 13.2 Å². The molecule has 1 fully saturated rings. The average molecular weight is 264 g/mol. The quantitative estimate of drug-likeness (QED) is 0.655. The van der Waals surface area contributed by atoms with Crippen LogP contribution >= 0.6 is 0 Å². The molecule has 2 N–H and O–H groups in total. The summed E-state index contributed by atoms with van der Waals surface area (Å²) in [4.78, 5) is 10.4. The fourth-order valence-corrected chi connectivity index (χ4v) is 2.76. The minimum absolute atomic E-state index is 0.0804. The molecule has 19 heavy (non-hydrogen) atoms. The third kappa shape index (κ3) is 3.44. The molecule has 5 nitrogen and oxygen atoms in total. The Labute approximate surface area is 112 Å². The third-order valence-corrected chi connectivity index (χ3v) is 3.83. The summed E-state index contributed by atoms with van der Waals surface area (Å²) in [6.07, 6.45) is 3.50. The number of hydrogen-bond acceptors (Lipinski definition) is 4. The lowest BCUT2D eigenvalue weighted by molar-refractivity contribution is -0.385. The molecule has 0 bridgehead atoms. The molecule has 1 aromatic carbocycles. The van der Waals surface area contributed by atoms with Gasteiger partial charge in [-0.05, 0) is 49.8 Å². The first kappa shape index (κ1) is 13.8. The number of nitrogens with zero attached hydrogens (tertiary/aromatic N) is 1. The molecule has 5 heteroatoms. The number of nitrogens with two attached hydrogens (primary N) is 1. The molecule has 1 aliphatic rings. The number of aryl methyl sites for hydroxylation is 1. The second-order valence-corrected chi connectivity index (χ2v) is 5.26. The van der Waals surface area contributed by atoms with Gasteiger partial charge < -0.3 is 10.5 Å². The van der Waals surface area contributed by atoms with E-state index in [1.54, 1.807) is 6.07 Å². The van der Waals surface area contributed by atoms with Gasteiger partial charge in [-0.25, -0.2) is 0 Å². The smallest absolute Gasteiger partial charge is 0.273 e. The first-order chi connectivity index (χ1) is 9.10. The van der Waals surface area contributed by atoms with Crippen LogP contribution in [0.3, 0.4) is 0 Å². The van der Waals surface area contributed by atoms with Gasteiger partial charge in [-0.1, -0.05) is 6.42 Å². The highest BCUT2D eigenvalue weighted by Crippen LogP contribution is 2.32. The van der Waals surface area contributed by atoms with E-state index in [1.807, 2.05) is 13.0 Å². The SMILES string of the molecule is Cc1cc(OCC2CCCC2CN)cc([N+](=O)[O-])c1. The molecule has 1 aliphatic carbocycles. The van der Waals surface area contributed by atoms with Crippen LogP contribution in [0.2, 0.25) is 0 Å². The maximum Gasteiger partial charge on any atom is 0.273 e. The van der Waals surface area contributed by atoms with Crippen LogP contribution in [0.4, 0.5) is 5.69 Å². The monoisotopic (exact) mass is 264 g/mol. The summed E-state index contributed by atoms with van der Waals surface area (Å²) >= 11 is 0. The Balaban J connectivity index is 2.01. The summed E-state index contributed by atoms with van der Waals surface area (Å²) in [5, 5.41) is 10.8. The number of hydrogen-bond donors (Lipinski definition) is 1. The molecule has 0 aromatic heterocycles. The molecular formula is C14H20N2O3. The van der Waals surface area contributed by atoms with Crippen LogP contribution in [-0.4, -0.2) is 18.1 Å². The molecule has 0 radical (unpaired) electrons. The lowest BCUT2D eigenvalue weighted by Crippen LogP contribution is -2.23. The third-order valence-electron chi connectivity index (χ3n) is 3.83. The second-order valence-electron chi connectivity index (χ2n) is 5.26. The van der Waals surface area contributed by atoms with Crippen molar-refractivity contribution >= 4 is 5.69 Å². The van der Waals surface area contributed by atoms with Crippen LogP contribution in [0.25, 0.3) is 0 Å². The first-order valence-electron chi connectivity index (χ1n) is 6.69. The normalized spacial score (nSPS) is 22.4. The van der Waals surface area contributed by atoms with Crippen molar-refractivity contribution in [3.05, 3.63) is 33.9 Å². The number of nitro groups is 1. The van der Waals surface area contributed by atoms with Gasteiger partial charge in [-0.3, -0.25) is 10.1 Å². The maximum atomic E-state index is 10.8. The Morgan fingerprint density at radius 1 is 1.37 bits per heavy atom. The van der Waals surface area contributed by atoms with Crippen LogP contribution in [0.15, 0.2) is 18.2 Å². The maximum absolute atomic E-state index is 10.8. The van der Waals surface area contributed by atoms with Crippen LogP contribution < -0.4 is 10.5 Å². The minimum atomic E-state index is -0.391. The van der Waals surface area contributed by atoms with Gasteiger partial charge in [0.2, 0.25) is 0 Å². The summed E-state index contributed by atoms with van der Waals surface area (Å²) in [5.74, 6) is 1.58. The van der Waals surface area contributed by atoms with E-state index in [9.17, 15) is 10.1 Å². The molecule has 2 rings (SSSR count). The van der Waals surface area contributed by atoms with Crippen LogP contribution in [0.1, 0.15) is 24.8 Å². The number of rotatable bonds is 5. The standard InChI is InChI=1S/C14H20N2O3/c1-10-5-13(16(17)18)7-14(6-10)19-9-12-4-2-3-11(12)8-15/h5-7,11-12H,2-4,8-9,15H2,1H3. The Morgan fingerprint density at radius 2 is 2.11 bits per heavy atom. The van der Waals surface area contributed by atoms with Gasteiger partial charge in [0.1, 0.15) is 5.75 Å². The number of nitro benzene ring substituents is 1. The Hall–Kier alpha value is -1.62. The number of non-ortho nitro benzene ring substituents is 1. The van der Waals surface area contributed by atoms with Crippen LogP contribution in [0, 0.1) is 28.9 Å². The highest BCUT2D eigenvalue weighted by atomic mass is 16.6. The van der Waals surface area contributed by atoms with Crippen molar-refractivity contribution in [3.8, 4) is 5.75 Å². The zero-order valence-electron chi connectivity index (χ0n) is 11.2. The molecule has 0 heterocycles. The predicted molar refractivity (Wildman–Crippen MR) is 73.2 cm³/mol. The van der Waals surface area contributed by atoms with Crippen molar-refractivity contribution in [1.82, 2.24) is 0 Å². The fraction of sp³-hybridized carbons (Fsp3) is 0.571. The Kier molecular flexibility index (Phi) is 4.37. The predicted octanol–water partition coefficient (Wildman–Crippen LogP) is 2.66. The molecule has 104 valence electrons. The summed E-state index contributed by atoms with van der Waals surface area (Å²) in [6, 6.07) is 4.87. The number of benzene rings is 1. The van der Waals surface area contributed by atoms with Gasteiger partial charge in [0.05, 0.1) is 17.6 Å². The molecule has 1 aromatic rings. The Bertz CT molecular complexity index is 462. The van der Waals surface area contributed by atoms with E-state index in [2.05, 4.69) is 0 Å². The molecule has 2 atom stereocenters. The van der Waals surface area contributed by atoms with E-state index in [0.29, 0.717) is 30.7 Å². The van der Waals surface area contributed by atoms with Gasteiger partial charge in [-0.15, -0.1) is 0 Å². The first-order valence-corrected chi connectivity index (χ1v) is 6.69. The van der Waals surface area contributed by atoms with Crippen molar-refractivity contribution in [2.24, 2.45) is 17.6 Å². The lowest BCUT2D eigenvalue weighted by Gasteiger charge is -2.18. The van der Waals surface area contributed by atoms with E-state index < -0.39 is 4.92 Å². The van der Waals surface area contributed by atoms with E-state index >= 15 is 0 Å². The van der Waals surface area contributed by atoms with Crippen molar-refractivity contribution in [1.29, 1.82) is 0 Å². The topological polar surface area (TPSA) is 78.4 Å². The molecule has 0 aliphatic heterocycles. The summed E-state index contributed by atoms with van der Waals surface area (Å²) in [6.45, 7) is 3.13. The summed E-state index contributed by atoms with van der Waals surface area (Å²) in [5.41, 5.74) is 6.66. The highest BCUT2D eigenvalue weighted by molar-refractivity contribution is 5.42. The molecule has 1 saturated carbocycles. The van der Waals surface area contributed by atoms with Crippen LogP contribution in [0.5, 0.6) is 5.75 Å².